The molecule has 0 unspecified atom stereocenters. The van der Waals surface area contributed by atoms with Crippen molar-refractivity contribution in [3.8, 4) is 0 Å². The van der Waals surface area contributed by atoms with Crippen LogP contribution < -0.4 is 5.32 Å². The number of urea groups is 1. The van der Waals surface area contributed by atoms with Crippen LogP contribution in [-0.4, -0.2) is 46.7 Å². The summed E-state index contributed by atoms with van der Waals surface area (Å²) in [6, 6.07) is 6.78. The maximum atomic E-state index is 12.5. The number of aliphatic hydroxyl groups excluding tert-OH is 1. The third-order valence-electron chi connectivity index (χ3n) is 4.58. The van der Waals surface area contributed by atoms with Gasteiger partial charge >= 0.3 is 6.03 Å². The summed E-state index contributed by atoms with van der Waals surface area (Å²) in [4.78, 5) is 25.6. The lowest BCUT2D eigenvalue weighted by Gasteiger charge is -2.22. The predicted molar refractivity (Wildman–Crippen MR) is 88.5 cm³/mol. The minimum absolute atomic E-state index is 0.0415. The normalized spacial score (nSPS) is 25.0. The fourth-order valence-electron chi connectivity index (χ4n) is 2.98. The van der Waals surface area contributed by atoms with Crippen molar-refractivity contribution in [1.82, 2.24) is 10.2 Å². The second-order valence-electron chi connectivity index (χ2n) is 6.62. The lowest BCUT2D eigenvalue weighted by atomic mass is 9.96. The van der Waals surface area contributed by atoms with E-state index in [-0.39, 0.29) is 25.0 Å². The summed E-state index contributed by atoms with van der Waals surface area (Å²) in [5.41, 5.74) is 0.115. The molecule has 1 aromatic rings. The number of β-amino-alcohol motifs (C(OH)–C–C–N with tert-alkyl or cyclic N) is 1. The van der Waals surface area contributed by atoms with E-state index in [9.17, 15) is 14.7 Å². The Kier molecular flexibility index (Phi) is 4.80. The minimum Gasteiger partial charge on any atom is -0.389 e. The van der Waals surface area contributed by atoms with Gasteiger partial charge in [-0.05, 0) is 43.4 Å². The highest BCUT2D eigenvalue weighted by molar-refractivity contribution is 6.30. The van der Waals surface area contributed by atoms with Gasteiger partial charge in [-0.3, -0.25) is 9.69 Å². The second-order valence-corrected chi connectivity index (χ2v) is 7.05. The number of hydrogen-bond acceptors (Lipinski definition) is 4. The first-order valence-electron chi connectivity index (χ1n) is 8.04. The molecule has 2 fully saturated rings. The Bertz CT molecular complexity index is 632. The topological polar surface area (TPSA) is 78.9 Å². The Hall–Kier alpha value is -1.63. The average molecular weight is 353 g/mol. The standard InChI is InChI=1S/C17H21ClN2O4/c1-17(12-4-5-12)15(22)20(16(23)19-17)8-14(21)10-24-9-11-2-6-13(18)7-3-11/h2-3,6-7,12,14,21H,4-5,8-10H2,1H3,(H,19,23)/t14-,17+/m1/s1. The van der Waals surface area contributed by atoms with Gasteiger partial charge in [0.1, 0.15) is 5.54 Å². The summed E-state index contributed by atoms with van der Waals surface area (Å²) in [6.45, 7) is 2.07. The molecular formula is C17H21ClN2O4. The maximum absolute atomic E-state index is 12.5. The van der Waals surface area contributed by atoms with E-state index in [0.29, 0.717) is 11.6 Å². The molecule has 1 saturated carbocycles. The van der Waals surface area contributed by atoms with E-state index in [1.807, 2.05) is 12.1 Å². The molecule has 2 aliphatic rings. The highest BCUT2D eigenvalue weighted by atomic mass is 35.5. The molecule has 1 aliphatic carbocycles. The zero-order chi connectivity index (χ0) is 17.3. The van der Waals surface area contributed by atoms with Gasteiger partial charge in [0, 0.05) is 5.02 Å². The number of benzene rings is 1. The van der Waals surface area contributed by atoms with Gasteiger partial charge in [-0.1, -0.05) is 23.7 Å². The molecular weight excluding hydrogens is 332 g/mol. The molecule has 2 atom stereocenters. The van der Waals surface area contributed by atoms with Crippen molar-refractivity contribution in [2.45, 2.75) is 38.0 Å². The van der Waals surface area contributed by atoms with E-state index in [1.165, 1.54) is 0 Å². The van der Waals surface area contributed by atoms with Crippen LogP contribution in [-0.2, 0) is 16.1 Å². The molecule has 2 N–H and O–H groups in total. The Morgan fingerprint density at radius 3 is 2.67 bits per heavy atom. The lowest BCUT2D eigenvalue weighted by Crippen LogP contribution is -2.46. The van der Waals surface area contributed by atoms with Crippen LogP contribution in [0.15, 0.2) is 24.3 Å². The number of aliphatic hydroxyl groups is 1. The first kappa shape index (κ1) is 17.2. The van der Waals surface area contributed by atoms with Gasteiger partial charge in [-0.2, -0.15) is 0 Å². The van der Waals surface area contributed by atoms with E-state index in [4.69, 9.17) is 16.3 Å². The smallest absolute Gasteiger partial charge is 0.325 e. The van der Waals surface area contributed by atoms with Gasteiger partial charge in [0.05, 0.1) is 25.9 Å². The largest absolute Gasteiger partial charge is 0.389 e. The summed E-state index contributed by atoms with van der Waals surface area (Å²) in [6.07, 6.45) is 0.972. The van der Waals surface area contributed by atoms with Gasteiger partial charge in [-0.25, -0.2) is 4.79 Å². The van der Waals surface area contributed by atoms with Crippen molar-refractivity contribution in [2.75, 3.05) is 13.2 Å². The van der Waals surface area contributed by atoms with Crippen molar-refractivity contribution in [1.29, 1.82) is 0 Å². The monoisotopic (exact) mass is 352 g/mol. The number of imide groups is 1. The summed E-state index contributed by atoms with van der Waals surface area (Å²) in [5, 5.41) is 13.5. The molecule has 0 spiro atoms. The van der Waals surface area contributed by atoms with Crippen LogP contribution in [0.2, 0.25) is 5.02 Å². The SMILES string of the molecule is C[C@@]1(C2CC2)NC(=O)N(C[C@@H](O)COCc2ccc(Cl)cc2)C1=O. The van der Waals surface area contributed by atoms with Gasteiger partial charge in [0.25, 0.3) is 5.91 Å². The van der Waals surface area contributed by atoms with Gasteiger partial charge in [-0.15, -0.1) is 0 Å². The fourth-order valence-corrected chi connectivity index (χ4v) is 3.10. The molecule has 1 aliphatic heterocycles. The number of halogens is 1. The van der Waals surface area contributed by atoms with Crippen molar-refractivity contribution < 1.29 is 19.4 Å². The Morgan fingerprint density at radius 2 is 2.04 bits per heavy atom. The van der Waals surface area contributed by atoms with E-state index in [2.05, 4.69) is 5.32 Å². The number of carbonyl (C=O) groups excluding carboxylic acids is 2. The van der Waals surface area contributed by atoms with Crippen LogP contribution in [0.25, 0.3) is 0 Å². The van der Waals surface area contributed by atoms with Crippen LogP contribution in [0.3, 0.4) is 0 Å². The van der Waals surface area contributed by atoms with Crippen LogP contribution >= 0.6 is 11.6 Å². The van der Waals surface area contributed by atoms with Crippen LogP contribution in [0.1, 0.15) is 25.3 Å². The highest BCUT2D eigenvalue weighted by Gasteiger charge is 2.56. The molecule has 130 valence electrons. The number of rotatable bonds is 7. The van der Waals surface area contributed by atoms with E-state index >= 15 is 0 Å². The number of hydrogen-bond donors (Lipinski definition) is 2. The molecule has 1 saturated heterocycles. The molecule has 0 radical (unpaired) electrons. The molecule has 3 rings (SSSR count). The van der Waals surface area contributed by atoms with E-state index < -0.39 is 17.7 Å². The predicted octanol–water partition coefficient (Wildman–Crippen LogP) is 1.94. The summed E-state index contributed by atoms with van der Waals surface area (Å²) < 4.78 is 5.45. The summed E-state index contributed by atoms with van der Waals surface area (Å²) >= 11 is 5.81. The first-order chi connectivity index (χ1) is 11.4. The second kappa shape index (κ2) is 6.70. The summed E-state index contributed by atoms with van der Waals surface area (Å²) in [7, 11) is 0. The van der Waals surface area contributed by atoms with E-state index in [1.54, 1.807) is 19.1 Å². The lowest BCUT2D eigenvalue weighted by molar-refractivity contribution is -0.132. The van der Waals surface area contributed by atoms with Crippen molar-refractivity contribution >= 4 is 23.5 Å². The Balaban J connectivity index is 1.48. The van der Waals surface area contributed by atoms with Crippen molar-refractivity contribution in [2.24, 2.45) is 5.92 Å². The van der Waals surface area contributed by atoms with Gasteiger partial charge in [0.2, 0.25) is 0 Å². The van der Waals surface area contributed by atoms with Crippen LogP contribution in [0.5, 0.6) is 0 Å². The molecule has 7 heteroatoms. The van der Waals surface area contributed by atoms with Crippen LogP contribution in [0.4, 0.5) is 4.79 Å². The van der Waals surface area contributed by atoms with Gasteiger partial charge < -0.3 is 15.2 Å². The molecule has 0 aromatic heterocycles. The zero-order valence-corrected chi connectivity index (χ0v) is 14.3. The highest BCUT2D eigenvalue weighted by Crippen LogP contribution is 2.42. The van der Waals surface area contributed by atoms with Crippen LogP contribution in [0, 0.1) is 5.92 Å². The fraction of sp³-hybridized carbons (Fsp3) is 0.529. The Morgan fingerprint density at radius 1 is 1.38 bits per heavy atom. The number of nitrogens with one attached hydrogen (secondary N) is 1. The van der Waals surface area contributed by atoms with Gasteiger partial charge in [0.15, 0.2) is 0 Å². The van der Waals surface area contributed by atoms with Crippen molar-refractivity contribution in [3.05, 3.63) is 34.9 Å². The van der Waals surface area contributed by atoms with E-state index in [0.717, 1.165) is 23.3 Å². The quantitative estimate of drug-likeness (QED) is 0.735. The summed E-state index contributed by atoms with van der Waals surface area (Å²) in [5.74, 6) is -0.0519. The molecule has 6 nitrogen and oxygen atoms in total. The third-order valence-corrected chi connectivity index (χ3v) is 4.83. The third kappa shape index (κ3) is 3.55. The maximum Gasteiger partial charge on any atom is 0.325 e. The molecule has 24 heavy (non-hydrogen) atoms. The Labute approximate surface area is 145 Å². The molecule has 1 aromatic carbocycles. The molecule has 3 amide bonds. The minimum atomic E-state index is -0.923. The number of amides is 3. The number of nitrogens with zero attached hydrogens (tertiary/aromatic N) is 1. The number of carbonyl (C=O) groups is 2. The zero-order valence-electron chi connectivity index (χ0n) is 13.5. The average Bonchev–Trinajstić information content (AvgIpc) is 3.36. The first-order valence-corrected chi connectivity index (χ1v) is 8.42. The molecule has 1 heterocycles. The number of ether oxygens (including phenoxy) is 1. The van der Waals surface area contributed by atoms with Crippen molar-refractivity contribution in [3.63, 3.8) is 0 Å². The molecule has 0 bridgehead atoms.